The fourth-order valence-electron chi connectivity index (χ4n) is 5.62. The predicted molar refractivity (Wildman–Crippen MR) is 194 cm³/mol. The molecule has 0 radical (unpaired) electrons. The summed E-state index contributed by atoms with van der Waals surface area (Å²) in [6, 6.07) is 19.7. The number of nitrogens with one attached hydrogen (secondary N) is 2. The molecular formula is C37H43F3N4O6S2. The topological polar surface area (TPSA) is 151 Å². The minimum absolute atomic E-state index is 0.0463. The van der Waals surface area contributed by atoms with E-state index in [0.717, 1.165) is 17.5 Å². The molecule has 3 atom stereocenters. The van der Waals surface area contributed by atoms with Gasteiger partial charge in [0.25, 0.3) is 0 Å². The van der Waals surface area contributed by atoms with E-state index in [0.29, 0.717) is 34.6 Å². The molecule has 1 heterocycles. The molecule has 0 saturated heterocycles. The van der Waals surface area contributed by atoms with E-state index in [1.165, 1.54) is 30.3 Å². The highest BCUT2D eigenvalue weighted by Gasteiger charge is 2.45. The molecule has 0 aliphatic heterocycles. The first-order valence-electron chi connectivity index (χ1n) is 16.4. The number of amides is 2. The molecule has 52 heavy (non-hydrogen) atoms. The number of benzene rings is 3. The molecule has 0 fully saturated rings. The van der Waals surface area contributed by atoms with Crippen LogP contribution in [0.15, 0.2) is 102 Å². The van der Waals surface area contributed by atoms with E-state index in [1.807, 2.05) is 20.8 Å². The smallest absolute Gasteiger partial charge is 0.413 e. The van der Waals surface area contributed by atoms with Gasteiger partial charge in [0.15, 0.2) is 6.04 Å². The molecule has 0 saturated carbocycles. The summed E-state index contributed by atoms with van der Waals surface area (Å²) in [5.74, 6) is -2.06. The first-order valence-corrected chi connectivity index (χ1v) is 18.6. The molecule has 4 aromatic rings. The molecule has 280 valence electrons. The highest BCUT2D eigenvalue weighted by atomic mass is 32.2. The molecule has 15 heteroatoms. The number of hydrogen-bond acceptors (Lipinski definition) is 8. The van der Waals surface area contributed by atoms with Crippen LogP contribution < -0.4 is 16.4 Å². The highest BCUT2D eigenvalue weighted by Crippen LogP contribution is 2.41. The van der Waals surface area contributed by atoms with Gasteiger partial charge in [0.05, 0.1) is 24.7 Å². The van der Waals surface area contributed by atoms with Gasteiger partial charge >= 0.3 is 12.3 Å². The van der Waals surface area contributed by atoms with Gasteiger partial charge in [-0.15, -0.1) is 11.3 Å². The lowest BCUT2D eigenvalue weighted by Gasteiger charge is -2.32. The van der Waals surface area contributed by atoms with Crippen molar-refractivity contribution in [1.29, 1.82) is 0 Å². The third-order valence-electron chi connectivity index (χ3n) is 8.36. The van der Waals surface area contributed by atoms with Gasteiger partial charge in [-0.3, -0.25) is 4.79 Å². The van der Waals surface area contributed by atoms with E-state index in [9.17, 15) is 36.3 Å². The summed E-state index contributed by atoms with van der Waals surface area (Å²) in [6.45, 7) is 4.96. The van der Waals surface area contributed by atoms with Crippen LogP contribution in [0.1, 0.15) is 66.1 Å². The lowest BCUT2D eigenvalue weighted by molar-refractivity contribution is -0.163. The quantitative estimate of drug-likeness (QED) is 0.104. The van der Waals surface area contributed by atoms with Crippen molar-refractivity contribution < 1.29 is 41.0 Å². The van der Waals surface area contributed by atoms with Crippen molar-refractivity contribution in [3.8, 4) is 0 Å². The Morgan fingerprint density at radius 1 is 0.865 bits per heavy atom. The second-order valence-electron chi connectivity index (χ2n) is 13.3. The van der Waals surface area contributed by atoms with Crippen molar-refractivity contribution in [1.82, 2.24) is 14.9 Å². The van der Waals surface area contributed by atoms with Gasteiger partial charge < -0.3 is 26.2 Å². The first kappa shape index (κ1) is 40.3. The van der Waals surface area contributed by atoms with Gasteiger partial charge in [-0.2, -0.15) is 17.5 Å². The number of anilines is 1. The van der Waals surface area contributed by atoms with Crippen LogP contribution in [-0.4, -0.2) is 62.3 Å². The fourth-order valence-corrected chi connectivity index (χ4v) is 8.48. The first-order chi connectivity index (χ1) is 24.5. The van der Waals surface area contributed by atoms with Crippen LogP contribution in [0.3, 0.4) is 0 Å². The Hall–Kier alpha value is -4.44. The number of thiophene rings is 1. The average molecular weight is 761 g/mol. The number of carbonyl (C=O) groups is 2. The number of rotatable bonds is 14. The van der Waals surface area contributed by atoms with E-state index in [2.05, 4.69) is 10.6 Å². The number of ether oxygens (including phenoxy) is 1. The summed E-state index contributed by atoms with van der Waals surface area (Å²) in [7, 11) is -3.19. The summed E-state index contributed by atoms with van der Waals surface area (Å²) in [5.41, 5.74) is 6.88. The maximum absolute atomic E-state index is 14.9. The SMILES string of the molecule is COC(=O)N[C@H](C(=O)N[C@H](c1ccc(C(CO)N(CCC(C)(C)C)S(=O)(=O)c2ccc(N)cc2)s1)C(F)(F)F)C(c1ccccc1)c1ccccc1. The van der Waals surface area contributed by atoms with E-state index < -0.39 is 58.9 Å². The number of sulfonamides is 1. The monoisotopic (exact) mass is 760 g/mol. The van der Waals surface area contributed by atoms with Crippen molar-refractivity contribution in [2.75, 3.05) is 26.0 Å². The van der Waals surface area contributed by atoms with Crippen molar-refractivity contribution in [2.45, 2.75) is 62.3 Å². The number of aliphatic hydroxyl groups excluding tert-OH is 1. The Morgan fingerprint density at radius 3 is 1.88 bits per heavy atom. The molecule has 1 aromatic heterocycles. The zero-order chi connectivity index (χ0) is 38.3. The Labute approximate surface area is 305 Å². The van der Waals surface area contributed by atoms with Crippen LogP contribution in [0.5, 0.6) is 0 Å². The zero-order valence-electron chi connectivity index (χ0n) is 29.1. The second-order valence-corrected chi connectivity index (χ2v) is 16.4. The van der Waals surface area contributed by atoms with Crippen molar-refractivity contribution in [3.05, 3.63) is 118 Å². The summed E-state index contributed by atoms with van der Waals surface area (Å²) in [5, 5.41) is 15.1. The summed E-state index contributed by atoms with van der Waals surface area (Å²) in [6.07, 6.45) is -5.67. The van der Waals surface area contributed by atoms with Crippen LogP contribution in [0.25, 0.3) is 0 Å². The molecular weight excluding hydrogens is 718 g/mol. The Bertz CT molecular complexity index is 1840. The third kappa shape index (κ3) is 10.1. The fraction of sp³-hybridized carbons (Fsp3) is 0.351. The van der Waals surface area contributed by atoms with E-state index >= 15 is 0 Å². The van der Waals surface area contributed by atoms with Crippen molar-refractivity contribution in [2.24, 2.45) is 5.41 Å². The molecule has 0 aliphatic rings. The van der Waals surface area contributed by atoms with Crippen LogP contribution in [0, 0.1) is 5.41 Å². The highest BCUT2D eigenvalue weighted by molar-refractivity contribution is 7.89. The molecule has 4 rings (SSSR count). The number of carbonyl (C=O) groups excluding carboxylic acids is 2. The summed E-state index contributed by atoms with van der Waals surface area (Å²) in [4.78, 5) is 26.2. The van der Waals surface area contributed by atoms with Gasteiger partial charge in [-0.25, -0.2) is 13.2 Å². The lowest BCUT2D eigenvalue weighted by Crippen LogP contribution is -2.52. The third-order valence-corrected chi connectivity index (χ3v) is 11.5. The normalized spacial score (nSPS) is 14.1. The molecule has 10 nitrogen and oxygen atoms in total. The predicted octanol–water partition coefficient (Wildman–Crippen LogP) is 6.77. The van der Waals surface area contributed by atoms with Gasteiger partial charge in [0.1, 0.15) is 6.04 Å². The Balaban J connectivity index is 1.74. The summed E-state index contributed by atoms with van der Waals surface area (Å²) < 4.78 is 78.4. The number of alkyl halides is 3. The summed E-state index contributed by atoms with van der Waals surface area (Å²) >= 11 is 0.616. The van der Waals surface area contributed by atoms with E-state index in [4.69, 9.17) is 10.5 Å². The largest absolute Gasteiger partial charge is 0.453 e. The van der Waals surface area contributed by atoms with Gasteiger partial charge in [0, 0.05) is 27.9 Å². The van der Waals surface area contributed by atoms with E-state index in [1.54, 1.807) is 60.7 Å². The van der Waals surface area contributed by atoms with Crippen LogP contribution in [0.4, 0.5) is 23.7 Å². The van der Waals surface area contributed by atoms with Gasteiger partial charge in [-0.1, -0.05) is 81.4 Å². The number of nitrogen functional groups attached to an aromatic ring is 1. The maximum atomic E-state index is 14.9. The standard InChI is InChI=1S/C37H43F3N4O6S2/c1-36(2,3)21-22-44(52(48,49)27-17-15-26(41)16-18-27)28(23-45)29-19-20-30(51-29)33(37(38,39)40)43-34(46)32(42-35(47)50-4)31(24-11-7-5-8-12-24)25-13-9-6-10-14-25/h5-20,28,31-33,45H,21-23,41H2,1-4H3,(H,42,47)(H,43,46)/t28?,32-,33+/m0/s1. The molecule has 5 N–H and O–H groups in total. The molecule has 0 spiro atoms. The molecule has 2 amide bonds. The number of alkyl carbamates (subject to hydrolysis) is 1. The number of methoxy groups -OCH3 is 1. The van der Waals surface area contributed by atoms with Crippen molar-refractivity contribution >= 4 is 39.0 Å². The Kier molecular flexibility index (Phi) is 13.1. The van der Waals surface area contributed by atoms with Crippen LogP contribution >= 0.6 is 11.3 Å². The number of aliphatic hydroxyl groups is 1. The van der Waals surface area contributed by atoms with Crippen LogP contribution in [-0.2, 0) is 19.6 Å². The minimum atomic E-state index is -5.01. The van der Waals surface area contributed by atoms with Crippen LogP contribution in [0.2, 0.25) is 0 Å². The Morgan fingerprint density at radius 2 is 1.40 bits per heavy atom. The molecule has 1 unspecified atom stereocenters. The maximum Gasteiger partial charge on any atom is 0.413 e. The van der Waals surface area contributed by atoms with Gasteiger partial charge in [0.2, 0.25) is 15.9 Å². The lowest BCUT2D eigenvalue weighted by atomic mass is 9.84. The number of halogens is 3. The molecule has 3 aromatic carbocycles. The number of hydrogen-bond donors (Lipinski definition) is 4. The minimum Gasteiger partial charge on any atom is -0.453 e. The van der Waals surface area contributed by atoms with Gasteiger partial charge in [-0.05, 0) is 59.4 Å². The number of nitrogens with two attached hydrogens (primary N) is 1. The van der Waals surface area contributed by atoms with Crippen molar-refractivity contribution in [3.63, 3.8) is 0 Å². The average Bonchev–Trinajstić information content (AvgIpc) is 3.57. The number of nitrogens with zero attached hydrogens (tertiary/aromatic N) is 1. The molecule has 0 bridgehead atoms. The molecule has 0 aliphatic carbocycles. The second kappa shape index (κ2) is 16.9. The van der Waals surface area contributed by atoms with E-state index in [-0.39, 0.29) is 26.6 Å². The zero-order valence-corrected chi connectivity index (χ0v) is 30.8.